The second-order valence-electron chi connectivity index (χ2n) is 9.22. The average molecular weight is 486 g/mol. The molecule has 2 aromatic carbocycles. The van der Waals surface area contributed by atoms with E-state index in [1.54, 1.807) is 12.1 Å². The quantitative estimate of drug-likeness (QED) is 0.616. The highest BCUT2D eigenvalue weighted by atomic mass is 32.2. The summed E-state index contributed by atoms with van der Waals surface area (Å²) in [5.74, 6) is -1.67. The highest BCUT2D eigenvalue weighted by molar-refractivity contribution is 7.89. The summed E-state index contributed by atoms with van der Waals surface area (Å²) < 4.78 is 46.7. The van der Waals surface area contributed by atoms with Crippen molar-refractivity contribution in [3.8, 4) is 0 Å². The van der Waals surface area contributed by atoms with Gasteiger partial charge in [-0.3, -0.25) is 9.59 Å². The summed E-state index contributed by atoms with van der Waals surface area (Å²) in [6.07, 6.45) is 1.21. The van der Waals surface area contributed by atoms with E-state index < -0.39 is 21.9 Å². The topological polar surface area (TPSA) is 87.2 Å². The Hall–Kier alpha value is -2.82. The number of ether oxygens (including phenoxy) is 1. The highest BCUT2D eigenvalue weighted by Crippen LogP contribution is 2.49. The maximum absolute atomic E-state index is 13.2. The van der Waals surface area contributed by atoms with Crippen molar-refractivity contribution in [3.63, 3.8) is 0 Å². The van der Waals surface area contributed by atoms with Gasteiger partial charge in [0.25, 0.3) is 0 Å². The van der Waals surface area contributed by atoms with Gasteiger partial charge in [-0.1, -0.05) is 0 Å². The van der Waals surface area contributed by atoms with Gasteiger partial charge < -0.3 is 9.64 Å². The highest BCUT2D eigenvalue weighted by Gasteiger charge is 2.62. The fourth-order valence-electron chi connectivity index (χ4n) is 5.72. The Labute approximate surface area is 196 Å². The summed E-state index contributed by atoms with van der Waals surface area (Å²) >= 11 is 0. The number of nitrogens with zero attached hydrogens (tertiary/aromatic N) is 3. The molecule has 0 radical (unpaired) electrons. The van der Waals surface area contributed by atoms with Crippen molar-refractivity contribution in [3.05, 3.63) is 54.3 Å². The van der Waals surface area contributed by atoms with Crippen molar-refractivity contribution >= 4 is 33.2 Å². The molecule has 2 bridgehead atoms. The Balaban J connectivity index is 1.16. The lowest BCUT2D eigenvalue weighted by Crippen LogP contribution is -2.48. The molecule has 0 N–H and O–H groups in total. The van der Waals surface area contributed by atoms with Crippen molar-refractivity contribution in [2.75, 3.05) is 36.0 Å². The van der Waals surface area contributed by atoms with Gasteiger partial charge in [0.1, 0.15) is 5.82 Å². The molecule has 0 saturated carbocycles. The Kier molecular flexibility index (Phi) is 5.02. The predicted molar refractivity (Wildman–Crippen MR) is 121 cm³/mol. The number of halogens is 1. The largest absolute Gasteiger partial charge is 0.373 e. The van der Waals surface area contributed by atoms with Crippen LogP contribution >= 0.6 is 0 Å². The van der Waals surface area contributed by atoms with Crippen LogP contribution in [0.1, 0.15) is 12.8 Å². The van der Waals surface area contributed by atoms with Crippen LogP contribution in [-0.4, -0.2) is 62.9 Å². The number of rotatable bonds is 4. The predicted octanol–water partition coefficient (Wildman–Crippen LogP) is 2.00. The minimum Gasteiger partial charge on any atom is -0.373 e. The van der Waals surface area contributed by atoms with E-state index in [2.05, 4.69) is 0 Å². The van der Waals surface area contributed by atoms with Crippen LogP contribution in [0.25, 0.3) is 0 Å². The van der Waals surface area contributed by atoms with E-state index >= 15 is 0 Å². The molecule has 4 aliphatic heterocycles. The van der Waals surface area contributed by atoms with E-state index in [1.165, 1.54) is 45.6 Å². The lowest BCUT2D eigenvalue weighted by atomic mass is 9.81. The maximum Gasteiger partial charge on any atom is 0.243 e. The second kappa shape index (κ2) is 7.86. The molecule has 4 atom stereocenters. The van der Waals surface area contributed by atoms with E-state index in [-0.39, 0.29) is 34.7 Å². The van der Waals surface area contributed by atoms with E-state index in [0.29, 0.717) is 31.9 Å². The number of sulfonamides is 1. The Morgan fingerprint density at radius 2 is 1.29 bits per heavy atom. The molecule has 0 aromatic heterocycles. The fraction of sp³-hybridized carbons (Fsp3) is 0.417. The number of amides is 2. The van der Waals surface area contributed by atoms with Gasteiger partial charge in [-0.05, 0) is 61.4 Å². The monoisotopic (exact) mass is 485 g/mol. The van der Waals surface area contributed by atoms with Gasteiger partial charge in [0.2, 0.25) is 21.8 Å². The third kappa shape index (κ3) is 3.27. The molecule has 8 nitrogen and oxygen atoms in total. The molecule has 0 spiro atoms. The minimum atomic E-state index is -3.73. The number of fused-ring (bicyclic) bond motifs is 5. The normalized spacial score (nSPS) is 29.2. The molecule has 34 heavy (non-hydrogen) atoms. The SMILES string of the molecule is O=C1[C@@H]2[C@H](C(=O)N1c1ccc(S(=O)(=O)N3CCN(c4ccc(F)cc4)CC3)cc1)[C@@H]1CC[C@H]2O1. The standard InChI is InChI=1S/C24H24FN3O5S/c25-15-1-3-16(4-2-15)26-11-13-27(14-12-26)34(31,32)18-7-5-17(6-8-18)28-23(29)21-19-9-10-20(33-19)22(21)24(28)30/h1-8,19-22H,9-14H2/t19-,20+,21+,22-. The molecular weight excluding hydrogens is 461 g/mol. The first-order chi connectivity index (χ1) is 16.3. The van der Waals surface area contributed by atoms with Crippen LogP contribution in [0.4, 0.5) is 15.8 Å². The van der Waals surface area contributed by atoms with E-state index in [9.17, 15) is 22.4 Å². The zero-order valence-electron chi connectivity index (χ0n) is 18.3. The van der Waals surface area contributed by atoms with Crippen LogP contribution in [0.3, 0.4) is 0 Å². The number of benzene rings is 2. The van der Waals surface area contributed by atoms with Gasteiger partial charge in [0.15, 0.2) is 0 Å². The Bertz CT molecular complexity index is 1210. The molecule has 4 aliphatic rings. The van der Waals surface area contributed by atoms with E-state index in [1.807, 2.05) is 4.90 Å². The van der Waals surface area contributed by atoms with Crippen LogP contribution in [0.15, 0.2) is 53.4 Å². The van der Waals surface area contributed by atoms with Gasteiger partial charge in [0, 0.05) is 31.9 Å². The molecule has 2 aromatic rings. The lowest BCUT2D eigenvalue weighted by molar-refractivity contribution is -0.124. The molecule has 0 unspecified atom stereocenters. The first-order valence-corrected chi connectivity index (χ1v) is 12.9. The second-order valence-corrected chi connectivity index (χ2v) is 11.2. The first-order valence-electron chi connectivity index (χ1n) is 11.5. The van der Waals surface area contributed by atoms with Crippen molar-refractivity contribution in [1.82, 2.24) is 4.31 Å². The summed E-state index contributed by atoms with van der Waals surface area (Å²) in [6.45, 7) is 1.59. The summed E-state index contributed by atoms with van der Waals surface area (Å²) in [6, 6.07) is 12.1. The maximum atomic E-state index is 13.2. The van der Waals surface area contributed by atoms with Crippen LogP contribution in [0, 0.1) is 17.7 Å². The molecule has 2 amide bonds. The zero-order chi connectivity index (χ0) is 23.6. The third-order valence-electron chi connectivity index (χ3n) is 7.45. The van der Waals surface area contributed by atoms with E-state index in [4.69, 9.17) is 4.74 Å². The fourth-order valence-corrected chi connectivity index (χ4v) is 7.14. The number of anilines is 2. The molecular formula is C24H24FN3O5S. The summed E-state index contributed by atoms with van der Waals surface area (Å²) in [5, 5.41) is 0. The Morgan fingerprint density at radius 3 is 1.85 bits per heavy atom. The lowest BCUT2D eigenvalue weighted by Gasteiger charge is -2.35. The van der Waals surface area contributed by atoms with Crippen molar-refractivity contribution in [1.29, 1.82) is 0 Å². The minimum absolute atomic E-state index is 0.120. The number of hydrogen-bond donors (Lipinski definition) is 0. The van der Waals surface area contributed by atoms with Crippen LogP contribution < -0.4 is 9.80 Å². The number of carbonyl (C=O) groups is 2. The van der Waals surface area contributed by atoms with Crippen LogP contribution in [-0.2, 0) is 24.3 Å². The van der Waals surface area contributed by atoms with Gasteiger partial charge in [-0.2, -0.15) is 4.31 Å². The molecule has 4 heterocycles. The average Bonchev–Trinajstić information content (AvgIpc) is 3.53. The molecule has 4 fully saturated rings. The number of imide groups is 1. The Morgan fingerprint density at radius 1 is 0.765 bits per heavy atom. The summed E-state index contributed by atoms with van der Waals surface area (Å²) in [4.78, 5) is 29.2. The molecule has 10 heteroatoms. The van der Waals surface area contributed by atoms with Crippen molar-refractivity contribution in [2.24, 2.45) is 11.8 Å². The molecule has 178 valence electrons. The zero-order valence-corrected chi connectivity index (χ0v) is 19.2. The smallest absolute Gasteiger partial charge is 0.243 e. The first kappa shape index (κ1) is 21.7. The molecule has 6 rings (SSSR count). The molecule has 4 saturated heterocycles. The van der Waals surface area contributed by atoms with Gasteiger partial charge in [-0.25, -0.2) is 17.7 Å². The van der Waals surface area contributed by atoms with E-state index in [0.717, 1.165) is 18.5 Å². The van der Waals surface area contributed by atoms with Crippen molar-refractivity contribution < 1.29 is 27.1 Å². The van der Waals surface area contributed by atoms with Gasteiger partial charge in [-0.15, -0.1) is 0 Å². The third-order valence-corrected chi connectivity index (χ3v) is 9.36. The van der Waals surface area contributed by atoms with Gasteiger partial charge in [0.05, 0.1) is 34.6 Å². The number of piperazine rings is 1. The van der Waals surface area contributed by atoms with Gasteiger partial charge >= 0.3 is 0 Å². The number of carbonyl (C=O) groups excluding carboxylic acids is 2. The summed E-state index contributed by atoms with van der Waals surface area (Å²) in [5.41, 5.74) is 1.25. The number of hydrogen-bond acceptors (Lipinski definition) is 6. The van der Waals surface area contributed by atoms with Crippen LogP contribution in [0.2, 0.25) is 0 Å². The molecule has 0 aliphatic carbocycles. The summed E-state index contributed by atoms with van der Waals surface area (Å²) in [7, 11) is -3.73. The van der Waals surface area contributed by atoms with Crippen molar-refractivity contribution in [2.45, 2.75) is 29.9 Å². The van der Waals surface area contributed by atoms with Crippen LogP contribution in [0.5, 0.6) is 0 Å².